The van der Waals surface area contributed by atoms with Crippen LogP contribution in [-0.2, 0) is 0 Å². The molecule has 0 radical (unpaired) electrons. The molecule has 0 heterocycles. The molecule has 0 saturated heterocycles. The fourth-order valence-electron chi connectivity index (χ4n) is 1.40. The van der Waals surface area contributed by atoms with Gasteiger partial charge >= 0.3 is 5.69 Å². The van der Waals surface area contributed by atoms with E-state index in [9.17, 15) is 19.3 Å². The van der Waals surface area contributed by atoms with Crippen LogP contribution in [-0.4, -0.2) is 28.9 Å². The van der Waals surface area contributed by atoms with Gasteiger partial charge in [0.2, 0.25) is 5.82 Å². The van der Waals surface area contributed by atoms with Crippen molar-refractivity contribution < 1.29 is 14.1 Å². The minimum atomic E-state index is -0.947. The Morgan fingerprint density at radius 3 is 2.84 bits per heavy atom. The van der Waals surface area contributed by atoms with E-state index in [0.717, 1.165) is 18.6 Å². The van der Waals surface area contributed by atoms with Gasteiger partial charge in [-0.15, -0.1) is 0 Å². The van der Waals surface area contributed by atoms with Crippen LogP contribution in [0.15, 0.2) is 18.2 Å². The van der Waals surface area contributed by atoms with Crippen molar-refractivity contribution in [3.8, 4) is 0 Å². The van der Waals surface area contributed by atoms with Gasteiger partial charge in [0.1, 0.15) is 0 Å². The van der Waals surface area contributed by atoms with Crippen molar-refractivity contribution in [1.29, 1.82) is 0 Å². The SMILES string of the molecule is CSC(C)CCNC(=O)c1ccc(F)c([N+](=O)[O-])c1. The molecular weight excluding hydrogens is 271 g/mol. The third kappa shape index (κ3) is 4.51. The van der Waals surface area contributed by atoms with Crippen molar-refractivity contribution in [2.45, 2.75) is 18.6 Å². The van der Waals surface area contributed by atoms with Gasteiger partial charge in [-0.3, -0.25) is 14.9 Å². The Morgan fingerprint density at radius 2 is 2.26 bits per heavy atom. The van der Waals surface area contributed by atoms with Crippen molar-refractivity contribution in [2.24, 2.45) is 0 Å². The highest BCUT2D eigenvalue weighted by molar-refractivity contribution is 7.99. The molecule has 1 rings (SSSR count). The number of carbonyl (C=O) groups excluding carboxylic acids is 1. The zero-order chi connectivity index (χ0) is 14.4. The zero-order valence-corrected chi connectivity index (χ0v) is 11.5. The highest BCUT2D eigenvalue weighted by Gasteiger charge is 2.17. The van der Waals surface area contributed by atoms with Crippen LogP contribution in [0, 0.1) is 15.9 Å². The second-order valence-electron chi connectivity index (χ2n) is 4.01. The van der Waals surface area contributed by atoms with Gasteiger partial charge in [0.05, 0.1) is 4.92 Å². The minimum absolute atomic E-state index is 0.0879. The normalized spacial score (nSPS) is 11.9. The number of halogens is 1. The van der Waals surface area contributed by atoms with Crippen LogP contribution in [0.4, 0.5) is 10.1 Å². The number of amides is 1. The van der Waals surface area contributed by atoms with Crippen molar-refractivity contribution in [2.75, 3.05) is 12.8 Å². The smallest absolute Gasteiger partial charge is 0.305 e. The number of thioether (sulfide) groups is 1. The molecule has 0 bridgehead atoms. The van der Waals surface area contributed by atoms with Crippen LogP contribution < -0.4 is 5.32 Å². The first-order valence-corrected chi connectivity index (χ1v) is 6.99. The zero-order valence-electron chi connectivity index (χ0n) is 10.7. The number of nitrogens with one attached hydrogen (secondary N) is 1. The number of rotatable bonds is 6. The lowest BCUT2D eigenvalue weighted by Gasteiger charge is -2.09. The Balaban J connectivity index is 2.67. The molecule has 0 aliphatic heterocycles. The van der Waals surface area contributed by atoms with Crippen LogP contribution in [0.3, 0.4) is 0 Å². The molecule has 19 heavy (non-hydrogen) atoms. The van der Waals surface area contributed by atoms with Crippen molar-refractivity contribution in [1.82, 2.24) is 5.32 Å². The molecule has 0 aromatic heterocycles. The Kier molecular flexibility index (Phi) is 5.75. The molecule has 104 valence electrons. The first kappa shape index (κ1) is 15.4. The summed E-state index contributed by atoms with van der Waals surface area (Å²) in [7, 11) is 0. The molecule has 1 aromatic carbocycles. The summed E-state index contributed by atoms with van der Waals surface area (Å²) in [5.41, 5.74) is -0.602. The maximum absolute atomic E-state index is 13.1. The van der Waals surface area contributed by atoms with E-state index in [1.807, 2.05) is 13.2 Å². The molecule has 0 fully saturated rings. The third-order valence-electron chi connectivity index (χ3n) is 2.64. The predicted octanol–water partition coefficient (Wildman–Crippen LogP) is 2.61. The summed E-state index contributed by atoms with van der Waals surface area (Å²) in [6.07, 6.45) is 2.78. The molecule has 5 nitrogen and oxygen atoms in total. The lowest BCUT2D eigenvalue weighted by Crippen LogP contribution is -2.26. The first-order chi connectivity index (χ1) is 8.95. The van der Waals surface area contributed by atoms with E-state index in [4.69, 9.17) is 0 Å². The number of nitrogens with zero attached hydrogens (tertiary/aromatic N) is 1. The topological polar surface area (TPSA) is 72.2 Å². The van der Waals surface area contributed by atoms with Crippen LogP contribution in [0.25, 0.3) is 0 Å². The van der Waals surface area contributed by atoms with E-state index in [0.29, 0.717) is 11.8 Å². The highest BCUT2D eigenvalue weighted by atomic mass is 32.2. The quantitative estimate of drug-likeness (QED) is 0.644. The molecule has 1 atom stereocenters. The highest BCUT2D eigenvalue weighted by Crippen LogP contribution is 2.18. The van der Waals surface area contributed by atoms with Gasteiger partial charge in [-0.05, 0) is 24.8 Å². The summed E-state index contributed by atoms with van der Waals surface area (Å²) < 4.78 is 13.1. The van der Waals surface area contributed by atoms with E-state index in [-0.39, 0.29) is 5.56 Å². The van der Waals surface area contributed by atoms with Gasteiger partial charge in [0.15, 0.2) is 0 Å². The van der Waals surface area contributed by atoms with Crippen LogP contribution in [0.5, 0.6) is 0 Å². The Morgan fingerprint density at radius 1 is 1.58 bits per heavy atom. The molecule has 0 spiro atoms. The number of hydrogen-bond acceptors (Lipinski definition) is 4. The van der Waals surface area contributed by atoms with Gasteiger partial charge in [-0.1, -0.05) is 6.92 Å². The van der Waals surface area contributed by atoms with Crippen molar-refractivity contribution >= 4 is 23.4 Å². The minimum Gasteiger partial charge on any atom is -0.352 e. The summed E-state index contributed by atoms with van der Waals surface area (Å²) in [5.74, 6) is -1.38. The molecule has 1 unspecified atom stereocenters. The molecule has 1 aromatic rings. The second-order valence-corrected chi connectivity index (χ2v) is 5.29. The third-order valence-corrected chi connectivity index (χ3v) is 3.68. The van der Waals surface area contributed by atoms with Gasteiger partial charge in [0.25, 0.3) is 5.91 Å². The van der Waals surface area contributed by atoms with E-state index < -0.39 is 22.3 Å². The monoisotopic (exact) mass is 286 g/mol. The van der Waals surface area contributed by atoms with Crippen molar-refractivity contribution in [3.05, 3.63) is 39.7 Å². The number of nitro groups is 1. The first-order valence-electron chi connectivity index (χ1n) is 5.70. The maximum Gasteiger partial charge on any atom is 0.305 e. The molecule has 1 N–H and O–H groups in total. The van der Waals surface area contributed by atoms with E-state index in [1.54, 1.807) is 11.8 Å². The molecular formula is C12H15FN2O3S. The van der Waals surface area contributed by atoms with Gasteiger partial charge in [-0.2, -0.15) is 16.2 Å². The number of carbonyl (C=O) groups is 1. The fraction of sp³-hybridized carbons (Fsp3) is 0.417. The fourth-order valence-corrected chi connectivity index (χ4v) is 1.76. The van der Waals surface area contributed by atoms with Crippen molar-refractivity contribution in [3.63, 3.8) is 0 Å². The van der Waals surface area contributed by atoms with Gasteiger partial charge in [0, 0.05) is 23.4 Å². The molecule has 0 aliphatic rings. The second kappa shape index (κ2) is 7.08. The number of hydrogen-bond donors (Lipinski definition) is 1. The molecule has 0 aliphatic carbocycles. The van der Waals surface area contributed by atoms with Crippen LogP contribution in [0.1, 0.15) is 23.7 Å². The Hall–Kier alpha value is -1.63. The summed E-state index contributed by atoms with van der Waals surface area (Å²) in [4.78, 5) is 21.5. The van der Waals surface area contributed by atoms with Gasteiger partial charge < -0.3 is 5.32 Å². The number of benzene rings is 1. The Labute approximate surface area is 114 Å². The average molecular weight is 286 g/mol. The molecule has 0 saturated carbocycles. The standard InChI is InChI=1S/C12H15FN2O3S/c1-8(19-2)5-6-14-12(16)9-3-4-10(13)11(7-9)15(17)18/h3-4,7-8H,5-6H2,1-2H3,(H,14,16). The largest absolute Gasteiger partial charge is 0.352 e. The summed E-state index contributed by atoms with van der Waals surface area (Å²) in [6.45, 7) is 2.52. The lowest BCUT2D eigenvalue weighted by atomic mass is 10.2. The lowest BCUT2D eigenvalue weighted by molar-refractivity contribution is -0.387. The summed E-state index contributed by atoms with van der Waals surface area (Å²) in [5, 5.41) is 13.6. The van der Waals surface area contributed by atoms with Gasteiger partial charge in [-0.25, -0.2) is 0 Å². The van der Waals surface area contributed by atoms with E-state index in [2.05, 4.69) is 5.32 Å². The van der Waals surface area contributed by atoms with Crippen LogP contribution >= 0.6 is 11.8 Å². The maximum atomic E-state index is 13.1. The summed E-state index contributed by atoms with van der Waals surface area (Å²) >= 11 is 1.69. The predicted molar refractivity (Wildman–Crippen MR) is 73.0 cm³/mol. The average Bonchev–Trinajstić information content (AvgIpc) is 2.38. The molecule has 1 amide bonds. The number of nitro benzene ring substituents is 1. The summed E-state index contributed by atoms with van der Waals surface area (Å²) in [6, 6.07) is 3.11. The van der Waals surface area contributed by atoms with Crippen LogP contribution in [0.2, 0.25) is 0 Å². The Bertz CT molecular complexity index is 482. The van der Waals surface area contributed by atoms with E-state index in [1.165, 1.54) is 6.07 Å². The molecule has 7 heteroatoms. The van der Waals surface area contributed by atoms with E-state index >= 15 is 0 Å².